The average Bonchev–Trinajstić information content (AvgIpc) is 3.34. The monoisotopic (exact) mass is 340 g/mol. The molecule has 1 aromatic carbocycles. The lowest BCUT2D eigenvalue weighted by atomic mass is 9.86. The van der Waals surface area contributed by atoms with Gasteiger partial charge in [-0.1, -0.05) is 0 Å². The highest BCUT2D eigenvalue weighted by Crippen LogP contribution is 2.39. The van der Waals surface area contributed by atoms with E-state index in [9.17, 15) is 0 Å². The maximum absolute atomic E-state index is 5.09. The molecule has 0 bridgehead atoms. The first-order chi connectivity index (χ1) is 12.9. The van der Waals surface area contributed by atoms with Gasteiger partial charge in [0.25, 0.3) is 0 Å². The lowest BCUT2D eigenvalue weighted by molar-refractivity contribution is 0.689. The summed E-state index contributed by atoms with van der Waals surface area (Å²) in [6.45, 7) is 0. The number of hydrogen-bond donors (Lipinski definition) is 2. The first-order valence-electron chi connectivity index (χ1n) is 8.95. The van der Waals surface area contributed by atoms with E-state index in [0.29, 0.717) is 0 Å². The zero-order chi connectivity index (χ0) is 17.1. The van der Waals surface area contributed by atoms with Gasteiger partial charge < -0.3 is 4.98 Å². The molecule has 1 aliphatic rings. The molecule has 1 aliphatic carbocycles. The molecular formula is C20H16N6. The number of aromatic amines is 2. The molecule has 5 aromatic rings. The Bertz CT molecular complexity index is 1300. The standard InChI is InChI=1S/C20H16N6/c1-2-4-12-11(3-1)18-13-8-24-26-15(13)5-6-16(18)25-19(12)14-7-22-17-9-21-10-23-20(14)17/h5-10,22H,1-4H2,(H,24,26). The molecule has 6 nitrogen and oxygen atoms in total. The first kappa shape index (κ1) is 13.9. The summed E-state index contributed by atoms with van der Waals surface area (Å²) in [5.41, 5.74) is 8.87. The van der Waals surface area contributed by atoms with Crippen molar-refractivity contribution < 1.29 is 0 Å². The molecule has 4 aromatic heterocycles. The van der Waals surface area contributed by atoms with Crippen molar-refractivity contribution >= 4 is 32.8 Å². The fourth-order valence-corrected chi connectivity index (χ4v) is 4.32. The third-order valence-corrected chi connectivity index (χ3v) is 5.48. The van der Waals surface area contributed by atoms with Gasteiger partial charge in [0.1, 0.15) is 11.8 Å². The van der Waals surface area contributed by atoms with E-state index >= 15 is 0 Å². The summed E-state index contributed by atoms with van der Waals surface area (Å²) in [5, 5.41) is 9.75. The van der Waals surface area contributed by atoms with E-state index in [1.165, 1.54) is 34.7 Å². The summed E-state index contributed by atoms with van der Waals surface area (Å²) < 4.78 is 0. The molecular weight excluding hydrogens is 324 g/mol. The SMILES string of the molecule is c1ncc2[nH]cc(-c3nc4ccc5[nH]ncc5c4c4c3CCCC4)c2n1. The van der Waals surface area contributed by atoms with Crippen molar-refractivity contribution in [3.63, 3.8) is 0 Å². The molecule has 2 N–H and O–H groups in total. The summed E-state index contributed by atoms with van der Waals surface area (Å²) in [5.74, 6) is 0. The van der Waals surface area contributed by atoms with E-state index in [2.05, 4.69) is 37.3 Å². The molecule has 0 amide bonds. The normalized spacial score (nSPS) is 14.3. The molecule has 0 atom stereocenters. The maximum atomic E-state index is 5.09. The van der Waals surface area contributed by atoms with Crippen molar-refractivity contribution in [2.75, 3.05) is 0 Å². The number of H-pyrrole nitrogens is 2. The molecule has 6 rings (SSSR count). The van der Waals surface area contributed by atoms with Gasteiger partial charge in [0.05, 0.1) is 34.6 Å². The number of aryl methyl sites for hydroxylation is 1. The van der Waals surface area contributed by atoms with Crippen LogP contribution in [0.4, 0.5) is 0 Å². The quantitative estimate of drug-likeness (QED) is 0.484. The van der Waals surface area contributed by atoms with Gasteiger partial charge in [-0.25, -0.2) is 15.0 Å². The highest BCUT2D eigenvalue weighted by atomic mass is 15.1. The number of nitrogens with zero attached hydrogens (tertiary/aromatic N) is 4. The molecule has 0 fully saturated rings. The van der Waals surface area contributed by atoms with Crippen molar-refractivity contribution in [3.05, 3.63) is 48.2 Å². The van der Waals surface area contributed by atoms with Crippen LogP contribution in [0.2, 0.25) is 0 Å². The van der Waals surface area contributed by atoms with Gasteiger partial charge >= 0.3 is 0 Å². The van der Waals surface area contributed by atoms with Crippen molar-refractivity contribution in [3.8, 4) is 11.3 Å². The van der Waals surface area contributed by atoms with Gasteiger partial charge in [-0.05, 0) is 48.9 Å². The van der Waals surface area contributed by atoms with Crippen LogP contribution in [0.5, 0.6) is 0 Å². The topological polar surface area (TPSA) is 83.1 Å². The summed E-state index contributed by atoms with van der Waals surface area (Å²) in [7, 11) is 0. The number of fused-ring (bicyclic) bond motifs is 6. The van der Waals surface area contributed by atoms with Gasteiger partial charge in [-0.3, -0.25) is 5.10 Å². The second-order valence-electron chi connectivity index (χ2n) is 6.90. The zero-order valence-corrected chi connectivity index (χ0v) is 14.1. The number of rotatable bonds is 1. The van der Waals surface area contributed by atoms with Crippen LogP contribution >= 0.6 is 0 Å². The van der Waals surface area contributed by atoms with Crippen LogP contribution in [0, 0.1) is 0 Å². The van der Waals surface area contributed by atoms with Crippen LogP contribution in [0.15, 0.2) is 37.1 Å². The van der Waals surface area contributed by atoms with E-state index in [0.717, 1.165) is 46.2 Å². The highest BCUT2D eigenvalue weighted by molar-refractivity contribution is 6.08. The molecule has 0 radical (unpaired) electrons. The Kier molecular flexibility index (Phi) is 2.74. The van der Waals surface area contributed by atoms with Crippen LogP contribution in [-0.4, -0.2) is 30.1 Å². The molecule has 6 heteroatoms. The number of aromatic nitrogens is 6. The first-order valence-corrected chi connectivity index (χ1v) is 8.95. The lowest BCUT2D eigenvalue weighted by Gasteiger charge is -2.21. The molecule has 0 saturated carbocycles. The second-order valence-corrected chi connectivity index (χ2v) is 6.90. The summed E-state index contributed by atoms with van der Waals surface area (Å²) in [4.78, 5) is 17.0. The Labute approximate surface area is 148 Å². The predicted molar refractivity (Wildman–Crippen MR) is 101 cm³/mol. The lowest BCUT2D eigenvalue weighted by Crippen LogP contribution is -2.07. The molecule has 0 unspecified atom stereocenters. The predicted octanol–water partition coefficient (Wildman–Crippen LogP) is 3.93. The molecule has 0 saturated heterocycles. The maximum Gasteiger partial charge on any atom is 0.116 e. The van der Waals surface area contributed by atoms with Gasteiger partial charge in [-0.2, -0.15) is 5.10 Å². The number of benzene rings is 1. The van der Waals surface area contributed by atoms with Gasteiger partial charge in [0.2, 0.25) is 0 Å². The number of hydrogen-bond acceptors (Lipinski definition) is 4. The van der Waals surface area contributed by atoms with Crippen LogP contribution < -0.4 is 0 Å². The van der Waals surface area contributed by atoms with E-state index < -0.39 is 0 Å². The minimum atomic E-state index is 0.934. The third kappa shape index (κ3) is 1.81. The second kappa shape index (κ2) is 5.11. The summed E-state index contributed by atoms with van der Waals surface area (Å²) in [6, 6.07) is 4.16. The molecule has 26 heavy (non-hydrogen) atoms. The summed E-state index contributed by atoms with van der Waals surface area (Å²) >= 11 is 0. The van der Waals surface area contributed by atoms with Gasteiger partial charge in [-0.15, -0.1) is 0 Å². The van der Waals surface area contributed by atoms with Crippen molar-refractivity contribution in [2.45, 2.75) is 25.7 Å². The Morgan fingerprint density at radius 1 is 0.962 bits per heavy atom. The largest absolute Gasteiger partial charge is 0.358 e. The van der Waals surface area contributed by atoms with Crippen molar-refractivity contribution in [1.82, 2.24) is 30.1 Å². The minimum Gasteiger partial charge on any atom is -0.358 e. The number of nitrogens with one attached hydrogen (secondary N) is 2. The minimum absolute atomic E-state index is 0.934. The van der Waals surface area contributed by atoms with Crippen molar-refractivity contribution in [1.29, 1.82) is 0 Å². The smallest absolute Gasteiger partial charge is 0.116 e. The zero-order valence-electron chi connectivity index (χ0n) is 14.1. The number of pyridine rings is 1. The van der Waals surface area contributed by atoms with Crippen LogP contribution in [0.1, 0.15) is 24.0 Å². The van der Waals surface area contributed by atoms with E-state index in [1.807, 2.05) is 18.6 Å². The summed E-state index contributed by atoms with van der Waals surface area (Å²) in [6.07, 6.45) is 11.9. The van der Waals surface area contributed by atoms with E-state index in [1.54, 1.807) is 6.33 Å². The van der Waals surface area contributed by atoms with Crippen LogP contribution in [0.3, 0.4) is 0 Å². The Balaban J connectivity index is 1.75. The fraction of sp³-hybridized carbons (Fsp3) is 0.200. The molecule has 0 aliphatic heterocycles. The van der Waals surface area contributed by atoms with E-state index in [4.69, 9.17) is 4.98 Å². The fourth-order valence-electron chi connectivity index (χ4n) is 4.32. The average molecular weight is 340 g/mol. The Morgan fingerprint density at radius 3 is 2.85 bits per heavy atom. The molecule has 126 valence electrons. The third-order valence-electron chi connectivity index (χ3n) is 5.48. The van der Waals surface area contributed by atoms with E-state index in [-0.39, 0.29) is 0 Å². The van der Waals surface area contributed by atoms with Crippen LogP contribution in [-0.2, 0) is 12.8 Å². The van der Waals surface area contributed by atoms with Gasteiger partial charge in [0, 0.05) is 22.5 Å². The van der Waals surface area contributed by atoms with Crippen molar-refractivity contribution in [2.24, 2.45) is 0 Å². The molecule has 4 heterocycles. The van der Waals surface area contributed by atoms with Crippen LogP contribution in [0.25, 0.3) is 44.1 Å². The molecule has 0 spiro atoms. The Hall–Kier alpha value is -3.28. The Morgan fingerprint density at radius 2 is 1.88 bits per heavy atom. The van der Waals surface area contributed by atoms with Gasteiger partial charge in [0.15, 0.2) is 0 Å². The highest BCUT2D eigenvalue weighted by Gasteiger charge is 2.22.